The van der Waals surface area contributed by atoms with Gasteiger partial charge >= 0.3 is 81.1 Å². The average Bonchev–Trinajstić information content (AvgIpc) is 1.94. The quantitative estimate of drug-likeness (QED) is 0.524. The van der Waals surface area contributed by atoms with Crippen molar-refractivity contribution in [1.29, 1.82) is 0 Å². The van der Waals surface area contributed by atoms with Crippen LogP contribution in [-0.2, 0) is 0 Å². The third kappa shape index (κ3) is 6.01. The van der Waals surface area contributed by atoms with Crippen LogP contribution in [0.3, 0.4) is 0 Å². The summed E-state index contributed by atoms with van der Waals surface area (Å²) in [6.07, 6.45) is 7.73. The van der Waals surface area contributed by atoms with Gasteiger partial charge < -0.3 is 5.11 Å². The molecule has 0 heterocycles. The molecule has 0 amide bonds. The Hall–Kier alpha value is 1.60. The molecule has 1 rings (SSSR count). The molecule has 1 aliphatic carbocycles. The molecular weight excluding hydrogens is 139 g/mol. The first-order valence-corrected chi connectivity index (χ1v) is 5.64. The second kappa shape index (κ2) is 7.70. The van der Waals surface area contributed by atoms with Gasteiger partial charge in [0, 0.05) is 7.11 Å². The van der Waals surface area contributed by atoms with E-state index in [2.05, 4.69) is 0 Å². The van der Waals surface area contributed by atoms with E-state index in [0.717, 1.165) is 56.1 Å². The van der Waals surface area contributed by atoms with Crippen LogP contribution in [0.5, 0.6) is 0 Å². The van der Waals surface area contributed by atoms with Crippen molar-refractivity contribution in [2.75, 3.05) is 7.11 Å². The zero-order chi connectivity index (χ0) is 7.11. The summed E-state index contributed by atoms with van der Waals surface area (Å²) in [6, 6.07) is 0. The summed E-state index contributed by atoms with van der Waals surface area (Å²) in [7, 11) is 1.00. The molecule has 0 spiro atoms. The van der Waals surface area contributed by atoms with Crippen molar-refractivity contribution < 1.29 is 5.11 Å². The Morgan fingerprint density at radius 2 is 1.56 bits per heavy atom. The van der Waals surface area contributed by atoms with Gasteiger partial charge in [0.1, 0.15) is 0 Å². The number of hydrogen-bond donors (Lipinski definition) is 1. The van der Waals surface area contributed by atoms with E-state index in [-0.39, 0.29) is 0 Å². The third-order valence-electron chi connectivity index (χ3n) is 1.89. The topological polar surface area (TPSA) is 20.2 Å². The summed E-state index contributed by atoms with van der Waals surface area (Å²) in [5.41, 5.74) is 0. The fourth-order valence-corrected chi connectivity index (χ4v) is 2.58. The Balaban J connectivity index is 0.000000291. The van der Waals surface area contributed by atoms with Crippen LogP contribution in [0.15, 0.2) is 0 Å². The molecule has 1 N–H and O–H groups in total. The summed E-state index contributed by atoms with van der Waals surface area (Å²) in [4.78, 5) is 0. The van der Waals surface area contributed by atoms with Gasteiger partial charge in [-0.2, -0.15) is 0 Å². The van der Waals surface area contributed by atoms with Gasteiger partial charge in [-0.15, -0.1) is 0 Å². The van der Waals surface area contributed by atoms with E-state index in [1.807, 2.05) is 0 Å². The Labute approximate surface area is 91.8 Å². The van der Waals surface area contributed by atoms with E-state index in [1.54, 1.807) is 12.8 Å². The van der Waals surface area contributed by atoms with E-state index < -0.39 is 0 Å². The van der Waals surface area contributed by atoms with Gasteiger partial charge in [-0.1, -0.05) is 0 Å². The molecule has 1 nitrogen and oxygen atoms in total. The van der Waals surface area contributed by atoms with Crippen LogP contribution in [0.2, 0.25) is 0.0125 Å². The van der Waals surface area contributed by atoms with Gasteiger partial charge in [0.25, 0.3) is 0 Å². The average molecular weight is 154 g/mol. The van der Waals surface area contributed by atoms with Gasteiger partial charge in [0.05, 0.1) is 0 Å². The van der Waals surface area contributed by atoms with Crippen LogP contribution in [0.4, 0.5) is 0 Å². The van der Waals surface area contributed by atoms with Crippen LogP contribution < -0.4 is 0 Å². The number of hydrogen-bond acceptors (Lipinski definition) is 1. The molecule has 0 aromatic carbocycles. The Morgan fingerprint density at radius 1 is 1.11 bits per heavy atom. The second-order valence-corrected chi connectivity index (χ2v) is 5.29. The van der Waals surface area contributed by atoms with Crippen LogP contribution in [-0.4, -0.2) is 61.2 Å². The standard InChI is InChI=1S/C6H11.CH4O.K/c1-2-4-6-5-3-1;1-2;/h1H,2-6H2;2H,1H3;. The first kappa shape index (κ1) is 10.6. The number of aliphatic hydroxyl groups is 1. The van der Waals surface area contributed by atoms with Crippen LogP contribution in [0, 0.1) is 0 Å². The van der Waals surface area contributed by atoms with E-state index in [0.29, 0.717) is 0 Å². The maximum absolute atomic E-state index is 7.00. The fraction of sp³-hybridized carbons (Fsp3) is 1.00. The number of rotatable bonds is 0. The number of aliphatic hydroxyl groups excluding tert-OH is 1. The van der Waals surface area contributed by atoms with Gasteiger partial charge in [-0.3, -0.25) is 0 Å². The Kier molecular flexibility index (Phi) is 9.07. The van der Waals surface area contributed by atoms with Crippen LogP contribution >= 0.6 is 0 Å². The molecule has 1 aliphatic rings. The molecule has 50 valence electrons. The molecule has 0 aliphatic heterocycles. The summed E-state index contributed by atoms with van der Waals surface area (Å²) in [5.74, 6) is 0. The van der Waals surface area contributed by atoms with Gasteiger partial charge in [0.15, 0.2) is 0 Å². The normalized spacial score (nSPS) is 20.4. The molecule has 0 saturated heterocycles. The molecule has 1 saturated carbocycles. The molecular formula is C7H15KO. The van der Waals surface area contributed by atoms with E-state index >= 15 is 0 Å². The van der Waals surface area contributed by atoms with Gasteiger partial charge in [-0.25, -0.2) is 0 Å². The summed E-state index contributed by atoms with van der Waals surface area (Å²) in [6.45, 7) is 0. The summed E-state index contributed by atoms with van der Waals surface area (Å²) in [5, 5.41) is 7.00. The zero-order valence-corrected chi connectivity index (χ0v) is 9.68. The van der Waals surface area contributed by atoms with Crippen LogP contribution in [0.1, 0.15) is 32.1 Å². The van der Waals surface area contributed by atoms with Crippen molar-refractivity contribution in [3.8, 4) is 0 Å². The molecule has 0 radical (unpaired) electrons. The predicted molar refractivity (Wildman–Crippen MR) is 40.7 cm³/mol. The van der Waals surface area contributed by atoms with Crippen molar-refractivity contribution in [2.45, 2.75) is 32.1 Å². The van der Waals surface area contributed by atoms with Crippen molar-refractivity contribution in [3.63, 3.8) is 0 Å². The minimum absolute atomic E-state index is 1.00. The van der Waals surface area contributed by atoms with Crippen molar-refractivity contribution in [2.24, 2.45) is 0 Å². The van der Waals surface area contributed by atoms with Gasteiger partial charge in [-0.05, 0) is 0 Å². The fourth-order valence-electron chi connectivity index (χ4n) is 1.31. The molecule has 0 atom stereocenters. The van der Waals surface area contributed by atoms with Crippen molar-refractivity contribution in [3.05, 3.63) is 0 Å². The minimum atomic E-state index is 1.00. The monoisotopic (exact) mass is 154 g/mol. The van der Waals surface area contributed by atoms with E-state index in [4.69, 9.17) is 5.11 Å². The van der Waals surface area contributed by atoms with E-state index in [9.17, 15) is 0 Å². The predicted octanol–water partition coefficient (Wildman–Crippen LogP) is 1.52. The Bertz CT molecular complexity index is 50.9. The zero-order valence-electron chi connectivity index (χ0n) is 6.56. The van der Waals surface area contributed by atoms with Crippen molar-refractivity contribution >= 4 is 49.0 Å². The van der Waals surface area contributed by atoms with Crippen molar-refractivity contribution in [1.82, 2.24) is 0 Å². The van der Waals surface area contributed by atoms with Gasteiger partial charge in [0.2, 0.25) is 0 Å². The molecule has 9 heavy (non-hydrogen) atoms. The molecule has 1 fully saturated rings. The summed E-state index contributed by atoms with van der Waals surface area (Å²) < 4.78 is 1.22. The Morgan fingerprint density at radius 3 is 1.78 bits per heavy atom. The second-order valence-electron chi connectivity index (χ2n) is 2.74. The SMILES string of the molecule is CO.[K][CH]1CCCCC1. The first-order chi connectivity index (χ1) is 4.39. The first-order valence-electron chi connectivity index (χ1n) is 3.84. The maximum atomic E-state index is 7.00. The molecule has 0 unspecified atom stereocenters. The summed E-state index contributed by atoms with van der Waals surface area (Å²) >= 11 is 1.13. The molecule has 0 aromatic rings. The molecule has 2 heteroatoms. The molecule has 0 aromatic heterocycles. The third-order valence-corrected chi connectivity index (χ3v) is 3.70. The molecule has 0 bridgehead atoms. The van der Waals surface area contributed by atoms with Crippen LogP contribution in [0.25, 0.3) is 0 Å². The van der Waals surface area contributed by atoms with E-state index in [1.165, 1.54) is 19.3 Å².